The van der Waals surface area contributed by atoms with Crippen LogP contribution in [0.1, 0.15) is 46.0 Å². The molecule has 0 fully saturated rings. The van der Waals surface area contributed by atoms with Crippen LogP contribution in [0.4, 0.5) is 11.8 Å². The molecule has 0 saturated carbocycles. The van der Waals surface area contributed by atoms with Gasteiger partial charge in [-0.15, -0.1) is 0 Å². The second-order valence-electron chi connectivity index (χ2n) is 4.18. The van der Waals surface area contributed by atoms with E-state index in [0.717, 1.165) is 12.2 Å². The molecule has 0 aliphatic rings. The summed E-state index contributed by atoms with van der Waals surface area (Å²) in [5.74, 6) is 6.57. The molecule has 5 nitrogen and oxygen atoms in total. The van der Waals surface area contributed by atoms with Crippen LogP contribution in [0.3, 0.4) is 0 Å². The first kappa shape index (κ1) is 13.7. The number of hydrazine groups is 1. The molecule has 0 radical (unpaired) electrons. The Morgan fingerprint density at radius 3 is 2.76 bits per heavy atom. The van der Waals surface area contributed by atoms with Gasteiger partial charge in [0.05, 0.1) is 0 Å². The van der Waals surface area contributed by atoms with Crippen LogP contribution in [0.5, 0.6) is 0 Å². The Bertz CT molecular complexity index is 316. The van der Waals surface area contributed by atoms with Gasteiger partial charge in [-0.2, -0.15) is 4.98 Å². The minimum Gasteiger partial charge on any atom is -0.367 e. The summed E-state index contributed by atoms with van der Waals surface area (Å²) < 4.78 is 0. The fourth-order valence-corrected chi connectivity index (χ4v) is 1.81. The zero-order valence-electron chi connectivity index (χ0n) is 10.7. The van der Waals surface area contributed by atoms with Crippen molar-refractivity contribution in [1.29, 1.82) is 0 Å². The van der Waals surface area contributed by atoms with Gasteiger partial charge in [-0.25, -0.2) is 10.8 Å². The first-order chi connectivity index (χ1) is 8.30. The summed E-state index contributed by atoms with van der Waals surface area (Å²) in [5, 5.41) is 3.44. The molecule has 5 heteroatoms. The van der Waals surface area contributed by atoms with Gasteiger partial charge < -0.3 is 5.32 Å². The van der Waals surface area contributed by atoms with E-state index in [9.17, 15) is 0 Å². The molecule has 1 rings (SSSR count). The predicted octanol–water partition coefficient (Wildman–Crippen LogP) is 2.53. The van der Waals surface area contributed by atoms with Gasteiger partial charge in [0, 0.05) is 12.2 Å². The fraction of sp³-hybridized carbons (Fsp3) is 0.667. The summed E-state index contributed by atoms with van der Waals surface area (Å²) in [7, 11) is 0. The number of aromatic nitrogens is 2. The van der Waals surface area contributed by atoms with Crippen LogP contribution >= 0.6 is 0 Å². The van der Waals surface area contributed by atoms with Gasteiger partial charge >= 0.3 is 0 Å². The van der Waals surface area contributed by atoms with Gasteiger partial charge in [0.15, 0.2) is 0 Å². The third-order valence-electron chi connectivity index (χ3n) is 2.68. The number of nitrogens with one attached hydrogen (secondary N) is 2. The molecule has 0 bridgehead atoms. The lowest BCUT2D eigenvalue weighted by molar-refractivity contribution is 0.563. The van der Waals surface area contributed by atoms with Gasteiger partial charge in [0.25, 0.3) is 0 Å². The average Bonchev–Trinajstić information content (AvgIpc) is 2.36. The summed E-state index contributed by atoms with van der Waals surface area (Å²) in [6.45, 7) is 4.41. The second-order valence-corrected chi connectivity index (χ2v) is 4.18. The van der Waals surface area contributed by atoms with Crippen molar-refractivity contribution < 1.29 is 0 Å². The molecule has 1 aromatic heterocycles. The lowest BCUT2D eigenvalue weighted by Gasteiger charge is -2.18. The molecule has 17 heavy (non-hydrogen) atoms. The summed E-state index contributed by atoms with van der Waals surface area (Å²) >= 11 is 0. The van der Waals surface area contributed by atoms with Crippen LogP contribution in [0.15, 0.2) is 12.3 Å². The van der Waals surface area contributed by atoms with E-state index in [2.05, 4.69) is 34.6 Å². The Kier molecular flexibility index (Phi) is 6.32. The molecular formula is C12H23N5. The van der Waals surface area contributed by atoms with E-state index in [-0.39, 0.29) is 0 Å². The van der Waals surface area contributed by atoms with E-state index in [4.69, 9.17) is 5.84 Å². The summed E-state index contributed by atoms with van der Waals surface area (Å²) in [5.41, 5.74) is 2.45. The van der Waals surface area contributed by atoms with E-state index in [0.29, 0.717) is 12.0 Å². The zero-order valence-corrected chi connectivity index (χ0v) is 10.7. The number of unbranched alkanes of at least 4 members (excludes halogenated alkanes) is 1. The molecule has 0 aromatic carbocycles. The maximum atomic E-state index is 5.29. The average molecular weight is 237 g/mol. The number of nitrogens with zero attached hydrogens (tertiary/aromatic N) is 2. The SMILES string of the molecule is CCCCC(CCC)Nc1ccnc(NN)n1. The molecule has 1 atom stereocenters. The molecule has 0 amide bonds. The number of hydrogen-bond acceptors (Lipinski definition) is 5. The van der Waals surface area contributed by atoms with E-state index < -0.39 is 0 Å². The van der Waals surface area contributed by atoms with Crippen LogP contribution in [0.2, 0.25) is 0 Å². The van der Waals surface area contributed by atoms with Crippen LogP contribution in [-0.2, 0) is 0 Å². The van der Waals surface area contributed by atoms with E-state index in [1.54, 1.807) is 6.20 Å². The van der Waals surface area contributed by atoms with Crippen molar-refractivity contribution in [2.45, 2.75) is 52.0 Å². The van der Waals surface area contributed by atoms with E-state index >= 15 is 0 Å². The Labute approximate surface area is 103 Å². The highest BCUT2D eigenvalue weighted by molar-refractivity contribution is 5.39. The first-order valence-electron chi connectivity index (χ1n) is 6.36. The molecule has 0 aliphatic carbocycles. The van der Waals surface area contributed by atoms with Crippen molar-refractivity contribution in [2.75, 3.05) is 10.7 Å². The van der Waals surface area contributed by atoms with Gasteiger partial charge in [-0.3, -0.25) is 5.43 Å². The Balaban J connectivity index is 2.57. The van der Waals surface area contributed by atoms with Crippen LogP contribution in [0, 0.1) is 0 Å². The van der Waals surface area contributed by atoms with E-state index in [1.165, 1.54) is 25.7 Å². The lowest BCUT2D eigenvalue weighted by atomic mass is 10.1. The van der Waals surface area contributed by atoms with Gasteiger partial charge in [0.2, 0.25) is 5.95 Å². The van der Waals surface area contributed by atoms with Gasteiger partial charge in [0.1, 0.15) is 5.82 Å². The molecule has 0 aliphatic heterocycles. The minimum atomic E-state index is 0.445. The Morgan fingerprint density at radius 2 is 2.12 bits per heavy atom. The molecule has 0 spiro atoms. The molecule has 0 saturated heterocycles. The van der Waals surface area contributed by atoms with Gasteiger partial charge in [-0.05, 0) is 18.9 Å². The smallest absolute Gasteiger partial charge is 0.239 e. The zero-order chi connectivity index (χ0) is 12.5. The van der Waals surface area contributed by atoms with Crippen molar-refractivity contribution in [3.63, 3.8) is 0 Å². The summed E-state index contributed by atoms with van der Waals surface area (Å²) in [6, 6.07) is 2.36. The molecule has 1 heterocycles. The van der Waals surface area contributed by atoms with Crippen LogP contribution < -0.4 is 16.6 Å². The van der Waals surface area contributed by atoms with Crippen molar-refractivity contribution in [3.8, 4) is 0 Å². The van der Waals surface area contributed by atoms with E-state index in [1.807, 2.05) is 6.07 Å². The second kappa shape index (κ2) is 7.84. The standard InChI is InChI=1S/C12H23N5/c1-3-5-7-10(6-4-2)15-11-8-9-14-12(16-11)17-13/h8-10H,3-7,13H2,1-2H3,(H2,14,15,16,17). The third-order valence-corrected chi connectivity index (χ3v) is 2.68. The fourth-order valence-electron chi connectivity index (χ4n) is 1.81. The largest absolute Gasteiger partial charge is 0.367 e. The van der Waals surface area contributed by atoms with Crippen molar-refractivity contribution in [1.82, 2.24) is 9.97 Å². The molecule has 1 unspecified atom stereocenters. The molecule has 96 valence electrons. The maximum Gasteiger partial charge on any atom is 0.239 e. The summed E-state index contributed by atoms with van der Waals surface area (Å²) in [6.07, 6.45) is 7.68. The number of rotatable bonds is 8. The first-order valence-corrected chi connectivity index (χ1v) is 6.36. The lowest BCUT2D eigenvalue weighted by Crippen LogP contribution is -2.20. The van der Waals surface area contributed by atoms with Crippen LogP contribution in [-0.4, -0.2) is 16.0 Å². The minimum absolute atomic E-state index is 0.445. The highest BCUT2D eigenvalue weighted by Gasteiger charge is 2.08. The summed E-state index contributed by atoms with van der Waals surface area (Å²) in [4.78, 5) is 8.25. The molecule has 4 N–H and O–H groups in total. The molecule has 1 aromatic rings. The quantitative estimate of drug-likeness (QED) is 0.478. The van der Waals surface area contributed by atoms with Crippen molar-refractivity contribution in [3.05, 3.63) is 12.3 Å². The number of hydrogen-bond donors (Lipinski definition) is 3. The highest BCUT2D eigenvalue weighted by Crippen LogP contribution is 2.13. The normalized spacial score (nSPS) is 12.2. The van der Waals surface area contributed by atoms with Gasteiger partial charge in [-0.1, -0.05) is 33.1 Å². The highest BCUT2D eigenvalue weighted by atomic mass is 15.3. The van der Waals surface area contributed by atoms with Crippen molar-refractivity contribution >= 4 is 11.8 Å². The Hall–Kier alpha value is -1.36. The maximum absolute atomic E-state index is 5.29. The number of nitrogen functional groups attached to an aromatic ring is 1. The number of anilines is 2. The number of nitrogens with two attached hydrogens (primary N) is 1. The van der Waals surface area contributed by atoms with Crippen LogP contribution in [0.25, 0.3) is 0 Å². The van der Waals surface area contributed by atoms with Crippen molar-refractivity contribution in [2.24, 2.45) is 5.84 Å². The Morgan fingerprint density at radius 1 is 1.29 bits per heavy atom. The molecular weight excluding hydrogens is 214 g/mol. The predicted molar refractivity (Wildman–Crippen MR) is 71.7 cm³/mol. The topological polar surface area (TPSA) is 75.9 Å². The third kappa shape index (κ3) is 4.99. The monoisotopic (exact) mass is 237 g/mol.